The summed E-state index contributed by atoms with van der Waals surface area (Å²) < 4.78 is 3.60. The number of rotatable bonds is 7. The van der Waals surface area contributed by atoms with Gasteiger partial charge < -0.3 is 4.57 Å². The Labute approximate surface area is 154 Å². The SMILES string of the molecule is CCCCn1c(=O)[nH]c(=O)c2c1nc(CN1CCCC(CC)C1)n2CC. The molecule has 0 spiro atoms. The molecule has 0 amide bonds. The molecule has 7 nitrogen and oxygen atoms in total. The fourth-order valence-electron chi connectivity index (χ4n) is 4.03. The summed E-state index contributed by atoms with van der Waals surface area (Å²) in [5, 5.41) is 0. The molecule has 1 N–H and O–H groups in total. The minimum Gasteiger partial charge on any atom is -0.321 e. The van der Waals surface area contributed by atoms with E-state index in [0.29, 0.717) is 24.3 Å². The van der Waals surface area contributed by atoms with Crippen LogP contribution in [-0.2, 0) is 19.6 Å². The van der Waals surface area contributed by atoms with Gasteiger partial charge in [-0.1, -0.05) is 26.7 Å². The van der Waals surface area contributed by atoms with Crippen molar-refractivity contribution in [2.24, 2.45) is 5.92 Å². The van der Waals surface area contributed by atoms with E-state index < -0.39 is 0 Å². The molecule has 1 unspecified atom stereocenters. The number of piperidine rings is 1. The molecule has 0 radical (unpaired) electrons. The van der Waals surface area contributed by atoms with Crippen LogP contribution in [0.15, 0.2) is 9.59 Å². The van der Waals surface area contributed by atoms with Gasteiger partial charge in [-0.3, -0.25) is 19.2 Å². The lowest BCUT2D eigenvalue weighted by molar-refractivity contribution is 0.160. The topological polar surface area (TPSA) is 75.9 Å². The van der Waals surface area contributed by atoms with Crippen LogP contribution in [0.2, 0.25) is 0 Å². The first-order valence-electron chi connectivity index (χ1n) is 10.0. The van der Waals surface area contributed by atoms with Crippen LogP contribution < -0.4 is 11.2 Å². The number of unbranched alkanes of at least 4 members (excludes halogenated alkanes) is 1. The number of nitrogens with one attached hydrogen (secondary N) is 1. The molecule has 26 heavy (non-hydrogen) atoms. The van der Waals surface area contributed by atoms with E-state index in [4.69, 9.17) is 4.98 Å². The molecule has 0 bridgehead atoms. The van der Waals surface area contributed by atoms with Gasteiger partial charge in [-0.15, -0.1) is 0 Å². The number of hydrogen-bond acceptors (Lipinski definition) is 4. The molecule has 0 aromatic carbocycles. The number of imidazole rings is 1. The fourth-order valence-corrected chi connectivity index (χ4v) is 4.03. The van der Waals surface area contributed by atoms with Crippen LogP contribution in [0.3, 0.4) is 0 Å². The van der Waals surface area contributed by atoms with Gasteiger partial charge in [0, 0.05) is 19.6 Å². The molecule has 2 aromatic rings. The Morgan fingerprint density at radius 2 is 2.00 bits per heavy atom. The van der Waals surface area contributed by atoms with Crippen LogP contribution in [0, 0.1) is 5.92 Å². The minimum absolute atomic E-state index is 0.330. The summed E-state index contributed by atoms with van der Waals surface area (Å²) in [5.41, 5.74) is 0.381. The van der Waals surface area contributed by atoms with E-state index in [-0.39, 0.29) is 11.2 Å². The van der Waals surface area contributed by atoms with Gasteiger partial charge in [0.2, 0.25) is 0 Å². The molecule has 1 saturated heterocycles. The lowest BCUT2D eigenvalue weighted by Gasteiger charge is -2.31. The summed E-state index contributed by atoms with van der Waals surface area (Å²) in [6.07, 6.45) is 5.59. The number of H-pyrrole nitrogens is 1. The zero-order valence-electron chi connectivity index (χ0n) is 16.3. The third-order valence-corrected chi connectivity index (χ3v) is 5.56. The van der Waals surface area contributed by atoms with Gasteiger partial charge >= 0.3 is 5.69 Å². The quantitative estimate of drug-likeness (QED) is 0.821. The Bertz CT molecular complexity index is 863. The summed E-state index contributed by atoms with van der Waals surface area (Å²) in [6, 6.07) is 0. The van der Waals surface area contributed by atoms with Gasteiger partial charge in [-0.05, 0) is 38.6 Å². The third-order valence-electron chi connectivity index (χ3n) is 5.56. The van der Waals surface area contributed by atoms with Crippen molar-refractivity contribution in [3.05, 3.63) is 26.7 Å². The van der Waals surface area contributed by atoms with Gasteiger partial charge in [0.1, 0.15) is 5.82 Å². The number of aromatic amines is 1. The molecular formula is C19H31N5O2. The largest absolute Gasteiger partial charge is 0.330 e. The lowest BCUT2D eigenvalue weighted by Crippen LogP contribution is -2.35. The Hall–Kier alpha value is -1.89. The Balaban J connectivity index is 2.01. The monoisotopic (exact) mass is 361 g/mol. The van der Waals surface area contributed by atoms with Crippen LogP contribution in [0.5, 0.6) is 0 Å². The molecule has 3 rings (SSSR count). The highest BCUT2D eigenvalue weighted by atomic mass is 16.2. The number of nitrogens with zero attached hydrogens (tertiary/aromatic N) is 4. The van der Waals surface area contributed by atoms with E-state index in [1.807, 2.05) is 11.5 Å². The van der Waals surface area contributed by atoms with E-state index in [2.05, 4.69) is 23.7 Å². The predicted molar refractivity (Wildman–Crippen MR) is 103 cm³/mol. The van der Waals surface area contributed by atoms with Crippen molar-refractivity contribution < 1.29 is 0 Å². The molecule has 3 heterocycles. The van der Waals surface area contributed by atoms with Crippen molar-refractivity contribution in [2.75, 3.05) is 13.1 Å². The van der Waals surface area contributed by atoms with Crippen LogP contribution in [0.1, 0.15) is 58.7 Å². The Morgan fingerprint density at radius 3 is 2.69 bits per heavy atom. The van der Waals surface area contributed by atoms with Crippen LogP contribution in [-0.4, -0.2) is 37.1 Å². The Kier molecular flexibility index (Phi) is 5.96. The summed E-state index contributed by atoms with van der Waals surface area (Å²) in [4.78, 5) is 34.4. The van der Waals surface area contributed by atoms with E-state index in [0.717, 1.165) is 44.2 Å². The normalized spacial score (nSPS) is 18.7. The second kappa shape index (κ2) is 8.20. The standard InChI is InChI=1S/C19H31N5O2/c1-4-7-11-24-17-16(18(25)21-19(24)26)23(6-3)15(20-17)13-22-10-8-9-14(5-2)12-22/h14H,4-13H2,1-3H3,(H,21,25,26). The fraction of sp³-hybridized carbons (Fsp3) is 0.737. The average Bonchev–Trinajstić information content (AvgIpc) is 3.00. The number of hydrogen-bond donors (Lipinski definition) is 1. The van der Waals surface area contributed by atoms with Gasteiger partial charge in [-0.2, -0.15) is 0 Å². The molecule has 1 fully saturated rings. The van der Waals surface area contributed by atoms with Crippen molar-refractivity contribution in [2.45, 2.75) is 72.5 Å². The van der Waals surface area contributed by atoms with Crippen molar-refractivity contribution in [3.63, 3.8) is 0 Å². The van der Waals surface area contributed by atoms with Crippen molar-refractivity contribution in [1.82, 2.24) is 24.0 Å². The summed E-state index contributed by atoms with van der Waals surface area (Å²) in [6.45, 7) is 10.5. The van der Waals surface area contributed by atoms with Gasteiger partial charge in [0.25, 0.3) is 5.56 Å². The van der Waals surface area contributed by atoms with Crippen LogP contribution in [0.4, 0.5) is 0 Å². The maximum atomic E-state index is 12.5. The van der Waals surface area contributed by atoms with Gasteiger partial charge in [0.15, 0.2) is 11.2 Å². The highest BCUT2D eigenvalue weighted by molar-refractivity contribution is 5.70. The lowest BCUT2D eigenvalue weighted by atomic mass is 9.96. The van der Waals surface area contributed by atoms with Gasteiger partial charge in [0.05, 0.1) is 6.54 Å². The maximum Gasteiger partial charge on any atom is 0.330 e. The molecule has 1 aliphatic heterocycles. The van der Waals surface area contributed by atoms with Gasteiger partial charge in [-0.25, -0.2) is 9.78 Å². The summed E-state index contributed by atoms with van der Waals surface area (Å²) >= 11 is 0. The number of aryl methyl sites for hydroxylation is 2. The molecule has 1 atom stereocenters. The maximum absolute atomic E-state index is 12.5. The molecule has 0 aliphatic carbocycles. The van der Waals surface area contributed by atoms with E-state index >= 15 is 0 Å². The first-order valence-corrected chi connectivity index (χ1v) is 10.0. The molecular weight excluding hydrogens is 330 g/mol. The zero-order valence-corrected chi connectivity index (χ0v) is 16.3. The summed E-state index contributed by atoms with van der Waals surface area (Å²) in [7, 11) is 0. The molecule has 1 aliphatic rings. The Morgan fingerprint density at radius 1 is 1.19 bits per heavy atom. The van der Waals surface area contributed by atoms with Crippen molar-refractivity contribution in [1.29, 1.82) is 0 Å². The first kappa shape index (κ1) is 18.9. The van der Waals surface area contributed by atoms with Crippen molar-refractivity contribution >= 4 is 11.2 Å². The number of aromatic nitrogens is 4. The van der Waals surface area contributed by atoms with E-state index in [9.17, 15) is 9.59 Å². The second-order valence-electron chi connectivity index (χ2n) is 7.36. The van der Waals surface area contributed by atoms with E-state index in [1.54, 1.807) is 4.57 Å². The third kappa shape index (κ3) is 3.63. The smallest absolute Gasteiger partial charge is 0.321 e. The number of likely N-dealkylation sites (tertiary alicyclic amines) is 1. The predicted octanol–water partition coefficient (Wildman–Crippen LogP) is 2.33. The molecule has 144 valence electrons. The minimum atomic E-state index is -0.354. The van der Waals surface area contributed by atoms with E-state index in [1.165, 1.54) is 19.3 Å². The summed E-state index contributed by atoms with van der Waals surface area (Å²) in [5.74, 6) is 1.63. The molecule has 7 heteroatoms. The highest BCUT2D eigenvalue weighted by Gasteiger charge is 2.23. The average molecular weight is 361 g/mol. The first-order chi connectivity index (χ1) is 12.6. The van der Waals surface area contributed by atoms with Crippen LogP contribution in [0.25, 0.3) is 11.2 Å². The second-order valence-corrected chi connectivity index (χ2v) is 7.36. The number of fused-ring (bicyclic) bond motifs is 1. The molecule has 0 saturated carbocycles. The molecule has 2 aromatic heterocycles. The van der Waals surface area contributed by atoms with Crippen molar-refractivity contribution in [3.8, 4) is 0 Å². The zero-order chi connectivity index (χ0) is 18.7. The highest BCUT2D eigenvalue weighted by Crippen LogP contribution is 2.21. The van der Waals surface area contributed by atoms with Crippen LogP contribution >= 0.6 is 0 Å².